The predicted octanol–water partition coefficient (Wildman–Crippen LogP) is 4.30. The van der Waals surface area contributed by atoms with Gasteiger partial charge in [0.2, 0.25) is 5.91 Å². The van der Waals surface area contributed by atoms with Gasteiger partial charge in [-0.3, -0.25) is 4.79 Å². The Balaban J connectivity index is 5.33. The Labute approximate surface area is 187 Å². The van der Waals surface area contributed by atoms with Gasteiger partial charge in [0.05, 0.1) is 0 Å². The van der Waals surface area contributed by atoms with Crippen LogP contribution in [0.25, 0.3) is 0 Å². The molecule has 0 rings (SSSR count). The van der Waals surface area contributed by atoms with Gasteiger partial charge in [0.15, 0.2) is 0 Å². The molecular formula is C24H40N2O5. The standard InChI is InChI=1S/C24H40N2O5/c1-10-12-18(11-2)15-30-22(28)20(14-17(5)6)25-21(27)19(13-16(3)4)26-23(29)31-24(7,8)9/h10-12,16-17,19-20H,1-2,13-15H2,3-9H3,(H,25,27)(H,26,29)/b18-12+/t19-,20-/m0/s1. The molecule has 0 aliphatic carbocycles. The molecule has 0 aromatic rings. The Morgan fingerprint density at radius 2 is 1.48 bits per heavy atom. The third kappa shape index (κ3) is 13.4. The lowest BCUT2D eigenvalue weighted by molar-refractivity contribution is -0.147. The van der Waals surface area contributed by atoms with Gasteiger partial charge >= 0.3 is 12.1 Å². The number of carbonyl (C=O) groups excluding carboxylic acids is 3. The molecule has 2 amide bonds. The number of esters is 1. The minimum absolute atomic E-state index is 0.0321. The van der Waals surface area contributed by atoms with Crippen LogP contribution in [0.2, 0.25) is 0 Å². The van der Waals surface area contributed by atoms with Gasteiger partial charge in [-0.1, -0.05) is 59.1 Å². The fraction of sp³-hybridized carbons (Fsp3) is 0.625. The SMILES string of the molecule is C=C/C=C(\C=C)COC(=O)[C@H](CC(C)C)NC(=O)[C@H](CC(C)C)NC(=O)OC(C)(C)C. The molecule has 7 heteroatoms. The molecule has 0 fully saturated rings. The molecule has 2 atom stereocenters. The number of rotatable bonds is 12. The number of hydrogen-bond donors (Lipinski definition) is 2. The van der Waals surface area contributed by atoms with Gasteiger partial charge < -0.3 is 20.1 Å². The van der Waals surface area contributed by atoms with Crippen molar-refractivity contribution >= 4 is 18.0 Å². The predicted molar refractivity (Wildman–Crippen MR) is 123 cm³/mol. The van der Waals surface area contributed by atoms with E-state index in [-0.39, 0.29) is 18.4 Å². The lowest BCUT2D eigenvalue weighted by Gasteiger charge is -2.26. The highest BCUT2D eigenvalue weighted by Crippen LogP contribution is 2.12. The lowest BCUT2D eigenvalue weighted by Crippen LogP contribution is -2.53. The summed E-state index contributed by atoms with van der Waals surface area (Å²) in [6, 6.07) is -1.67. The van der Waals surface area contributed by atoms with E-state index in [2.05, 4.69) is 23.8 Å². The number of ether oxygens (including phenoxy) is 2. The van der Waals surface area contributed by atoms with Gasteiger partial charge in [-0.15, -0.1) is 0 Å². The van der Waals surface area contributed by atoms with Crippen LogP contribution in [0.4, 0.5) is 4.79 Å². The van der Waals surface area contributed by atoms with Crippen LogP contribution < -0.4 is 10.6 Å². The van der Waals surface area contributed by atoms with Gasteiger partial charge in [0, 0.05) is 0 Å². The lowest BCUT2D eigenvalue weighted by atomic mass is 10.0. The Morgan fingerprint density at radius 3 is 1.94 bits per heavy atom. The molecule has 7 nitrogen and oxygen atoms in total. The van der Waals surface area contributed by atoms with Crippen molar-refractivity contribution in [3.05, 3.63) is 37.0 Å². The fourth-order valence-electron chi connectivity index (χ4n) is 2.69. The molecule has 0 radical (unpaired) electrons. The Bertz CT molecular complexity index is 659. The average Bonchev–Trinajstić information content (AvgIpc) is 2.61. The van der Waals surface area contributed by atoms with Crippen molar-refractivity contribution in [2.45, 2.75) is 79.0 Å². The van der Waals surface area contributed by atoms with Crippen LogP contribution in [0, 0.1) is 11.8 Å². The van der Waals surface area contributed by atoms with Crippen LogP contribution in [0.1, 0.15) is 61.3 Å². The van der Waals surface area contributed by atoms with Crippen molar-refractivity contribution in [2.75, 3.05) is 6.61 Å². The van der Waals surface area contributed by atoms with Crippen molar-refractivity contribution < 1.29 is 23.9 Å². The van der Waals surface area contributed by atoms with E-state index in [1.54, 1.807) is 39.0 Å². The number of amides is 2. The topological polar surface area (TPSA) is 93.7 Å². The molecule has 0 aromatic heterocycles. The Morgan fingerprint density at radius 1 is 0.935 bits per heavy atom. The largest absolute Gasteiger partial charge is 0.459 e. The zero-order valence-corrected chi connectivity index (χ0v) is 20.1. The zero-order valence-electron chi connectivity index (χ0n) is 20.1. The van der Waals surface area contributed by atoms with Crippen LogP contribution in [0.5, 0.6) is 0 Å². The van der Waals surface area contributed by atoms with E-state index in [4.69, 9.17) is 9.47 Å². The number of allylic oxidation sites excluding steroid dienone is 2. The molecule has 2 N–H and O–H groups in total. The number of carbonyl (C=O) groups is 3. The molecule has 0 aromatic carbocycles. The van der Waals surface area contributed by atoms with Crippen LogP contribution in [0.15, 0.2) is 37.0 Å². The second kappa shape index (κ2) is 13.7. The van der Waals surface area contributed by atoms with Gasteiger partial charge in [0.25, 0.3) is 0 Å². The molecule has 0 saturated heterocycles. The first-order chi connectivity index (χ1) is 14.3. The summed E-state index contributed by atoms with van der Waals surface area (Å²) in [6.07, 6.45) is 4.98. The summed E-state index contributed by atoms with van der Waals surface area (Å²) in [6.45, 7) is 20.3. The van der Waals surface area contributed by atoms with Crippen molar-refractivity contribution in [3.63, 3.8) is 0 Å². The molecule has 0 saturated carbocycles. The van der Waals surface area contributed by atoms with E-state index in [1.165, 1.54) is 0 Å². The average molecular weight is 437 g/mol. The van der Waals surface area contributed by atoms with Crippen molar-refractivity contribution in [1.29, 1.82) is 0 Å². The van der Waals surface area contributed by atoms with Crippen molar-refractivity contribution in [3.8, 4) is 0 Å². The number of nitrogens with one attached hydrogen (secondary N) is 2. The second-order valence-electron chi connectivity index (χ2n) is 9.31. The monoisotopic (exact) mass is 436 g/mol. The van der Waals surface area contributed by atoms with Crippen molar-refractivity contribution in [2.24, 2.45) is 11.8 Å². The van der Waals surface area contributed by atoms with E-state index in [1.807, 2.05) is 27.7 Å². The Kier molecular flexibility index (Phi) is 12.5. The smallest absolute Gasteiger partial charge is 0.408 e. The van der Waals surface area contributed by atoms with Gasteiger partial charge in [0.1, 0.15) is 24.3 Å². The maximum Gasteiger partial charge on any atom is 0.408 e. The summed E-state index contributed by atoms with van der Waals surface area (Å²) in [5, 5.41) is 5.37. The molecule has 176 valence electrons. The minimum Gasteiger partial charge on any atom is -0.459 e. The molecule has 0 bridgehead atoms. The molecule has 0 aliphatic rings. The van der Waals surface area contributed by atoms with Crippen LogP contribution >= 0.6 is 0 Å². The molecule has 0 spiro atoms. The first kappa shape index (κ1) is 28.4. The van der Waals surface area contributed by atoms with Gasteiger partial charge in [-0.25, -0.2) is 9.59 Å². The maximum absolute atomic E-state index is 12.9. The van der Waals surface area contributed by atoms with E-state index in [0.717, 1.165) is 0 Å². The van der Waals surface area contributed by atoms with Crippen LogP contribution in [0.3, 0.4) is 0 Å². The fourth-order valence-corrected chi connectivity index (χ4v) is 2.69. The third-order valence-corrected chi connectivity index (χ3v) is 4.00. The quantitative estimate of drug-likeness (QED) is 0.351. The van der Waals surface area contributed by atoms with E-state index in [9.17, 15) is 14.4 Å². The van der Waals surface area contributed by atoms with Gasteiger partial charge in [-0.05, 0) is 51.0 Å². The summed E-state index contributed by atoms with van der Waals surface area (Å²) >= 11 is 0. The van der Waals surface area contributed by atoms with E-state index < -0.39 is 35.7 Å². The molecule has 0 unspecified atom stereocenters. The summed E-state index contributed by atoms with van der Waals surface area (Å²) < 4.78 is 10.6. The van der Waals surface area contributed by atoms with E-state index in [0.29, 0.717) is 18.4 Å². The second-order valence-corrected chi connectivity index (χ2v) is 9.31. The minimum atomic E-state index is -0.836. The first-order valence-corrected chi connectivity index (χ1v) is 10.7. The highest BCUT2D eigenvalue weighted by molar-refractivity contribution is 5.89. The van der Waals surface area contributed by atoms with Gasteiger partial charge in [-0.2, -0.15) is 0 Å². The van der Waals surface area contributed by atoms with Crippen molar-refractivity contribution in [1.82, 2.24) is 10.6 Å². The summed E-state index contributed by atoms with van der Waals surface area (Å²) in [7, 11) is 0. The van der Waals surface area contributed by atoms with Crippen LogP contribution in [-0.2, 0) is 19.1 Å². The molecular weight excluding hydrogens is 396 g/mol. The third-order valence-electron chi connectivity index (χ3n) is 4.00. The summed E-state index contributed by atoms with van der Waals surface area (Å²) in [5.41, 5.74) is 0.0108. The maximum atomic E-state index is 12.9. The highest BCUT2D eigenvalue weighted by Gasteiger charge is 2.30. The zero-order chi connectivity index (χ0) is 24.2. The van der Waals surface area contributed by atoms with Crippen LogP contribution in [-0.4, -0.2) is 42.3 Å². The molecule has 0 heterocycles. The summed E-state index contributed by atoms with van der Waals surface area (Å²) in [5.74, 6) is -0.713. The first-order valence-electron chi connectivity index (χ1n) is 10.7. The highest BCUT2D eigenvalue weighted by atomic mass is 16.6. The molecule has 31 heavy (non-hydrogen) atoms. The molecule has 0 aliphatic heterocycles. The Hall–Kier alpha value is -2.57. The van der Waals surface area contributed by atoms with E-state index >= 15 is 0 Å². The normalized spacial score (nSPS) is 13.9. The summed E-state index contributed by atoms with van der Waals surface area (Å²) in [4.78, 5) is 37.8. The number of hydrogen-bond acceptors (Lipinski definition) is 5. The number of alkyl carbamates (subject to hydrolysis) is 1.